The molecule has 1 aromatic heterocycles. The second-order valence-corrected chi connectivity index (χ2v) is 7.06. The number of nitrogens with one attached hydrogen (secondary N) is 2. The Balaban J connectivity index is 1.76. The van der Waals surface area contributed by atoms with Crippen LogP contribution in [-0.4, -0.2) is 42.2 Å². The number of aryl methyl sites for hydroxylation is 1. The lowest BCUT2D eigenvalue weighted by Gasteiger charge is -2.12. The molecule has 0 spiro atoms. The van der Waals surface area contributed by atoms with Crippen molar-refractivity contribution in [3.8, 4) is 11.5 Å². The van der Waals surface area contributed by atoms with Crippen LogP contribution >= 0.6 is 11.8 Å². The van der Waals surface area contributed by atoms with Crippen LogP contribution in [0.4, 0.5) is 5.82 Å². The maximum Gasteiger partial charge on any atom is 0.238 e. The van der Waals surface area contributed by atoms with E-state index in [4.69, 9.17) is 14.0 Å². The van der Waals surface area contributed by atoms with Crippen molar-refractivity contribution in [2.24, 2.45) is 0 Å². The molecule has 0 bridgehead atoms. The van der Waals surface area contributed by atoms with Gasteiger partial charge >= 0.3 is 0 Å². The molecule has 8 nitrogen and oxygen atoms in total. The third kappa shape index (κ3) is 6.21. The third-order valence-corrected chi connectivity index (χ3v) is 4.79. The molecule has 0 aliphatic carbocycles. The molecule has 146 valence electrons. The molecule has 0 radical (unpaired) electrons. The van der Waals surface area contributed by atoms with Crippen LogP contribution in [0.25, 0.3) is 0 Å². The summed E-state index contributed by atoms with van der Waals surface area (Å²) in [5, 5.41) is 8.77. The van der Waals surface area contributed by atoms with Gasteiger partial charge in [-0.05, 0) is 31.5 Å². The number of anilines is 1. The summed E-state index contributed by atoms with van der Waals surface area (Å²) in [7, 11) is 3.13. The molecule has 1 atom stereocenters. The topological polar surface area (TPSA) is 103 Å². The fourth-order valence-corrected chi connectivity index (χ4v) is 2.89. The second kappa shape index (κ2) is 9.86. The van der Waals surface area contributed by atoms with Crippen LogP contribution in [0.5, 0.6) is 11.5 Å². The number of thioether (sulfide) groups is 1. The zero-order valence-corrected chi connectivity index (χ0v) is 16.5. The predicted molar refractivity (Wildman–Crippen MR) is 103 cm³/mol. The summed E-state index contributed by atoms with van der Waals surface area (Å²) < 4.78 is 15.3. The highest BCUT2D eigenvalue weighted by Crippen LogP contribution is 2.27. The highest BCUT2D eigenvalue weighted by Gasteiger charge is 2.17. The highest BCUT2D eigenvalue weighted by atomic mass is 32.2. The van der Waals surface area contributed by atoms with Crippen molar-refractivity contribution >= 4 is 29.4 Å². The van der Waals surface area contributed by atoms with E-state index in [1.54, 1.807) is 40.2 Å². The van der Waals surface area contributed by atoms with Crippen LogP contribution in [-0.2, 0) is 16.1 Å². The molecule has 1 heterocycles. The van der Waals surface area contributed by atoms with Gasteiger partial charge in [-0.1, -0.05) is 11.2 Å². The molecule has 1 aromatic carbocycles. The molecule has 0 unspecified atom stereocenters. The van der Waals surface area contributed by atoms with Crippen LogP contribution in [0.2, 0.25) is 0 Å². The normalized spacial score (nSPS) is 11.6. The van der Waals surface area contributed by atoms with Gasteiger partial charge in [0.25, 0.3) is 0 Å². The number of hydrogen-bond donors (Lipinski definition) is 2. The van der Waals surface area contributed by atoms with E-state index in [1.807, 2.05) is 12.1 Å². The quantitative estimate of drug-likeness (QED) is 0.674. The molecule has 2 amide bonds. The van der Waals surface area contributed by atoms with Gasteiger partial charge in [0.1, 0.15) is 5.76 Å². The van der Waals surface area contributed by atoms with E-state index in [0.29, 0.717) is 29.6 Å². The Morgan fingerprint density at radius 3 is 2.59 bits per heavy atom. The lowest BCUT2D eigenvalue weighted by atomic mass is 10.2. The summed E-state index contributed by atoms with van der Waals surface area (Å²) in [4.78, 5) is 24.1. The van der Waals surface area contributed by atoms with Crippen molar-refractivity contribution in [2.45, 2.75) is 25.6 Å². The number of benzene rings is 1. The molecular formula is C18H23N3O5S. The first-order chi connectivity index (χ1) is 12.9. The monoisotopic (exact) mass is 393 g/mol. The van der Waals surface area contributed by atoms with Gasteiger partial charge in [-0.25, -0.2) is 0 Å². The number of carbonyl (C=O) groups excluding carboxylic acids is 2. The molecule has 9 heteroatoms. The van der Waals surface area contributed by atoms with E-state index >= 15 is 0 Å². The molecular weight excluding hydrogens is 370 g/mol. The minimum absolute atomic E-state index is 0.160. The van der Waals surface area contributed by atoms with E-state index in [9.17, 15) is 9.59 Å². The number of nitrogens with zero attached hydrogens (tertiary/aromatic N) is 1. The fraction of sp³-hybridized carbons (Fsp3) is 0.389. The van der Waals surface area contributed by atoms with Gasteiger partial charge in [0.15, 0.2) is 17.3 Å². The van der Waals surface area contributed by atoms with E-state index in [1.165, 1.54) is 11.8 Å². The van der Waals surface area contributed by atoms with Crippen LogP contribution in [0, 0.1) is 6.92 Å². The van der Waals surface area contributed by atoms with Crippen molar-refractivity contribution in [2.75, 3.05) is 25.3 Å². The number of amides is 2. The summed E-state index contributed by atoms with van der Waals surface area (Å²) in [6.45, 7) is 3.83. The van der Waals surface area contributed by atoms with Gasteiger partial charge in [-0.3, -0.25) is 9.59 Å². The third-order valence-electron chi connectivity index (χ3n) is 3.65. The number of aromatic nitrogens is 1. The molecule has 2 N–H and O–H groups in total. The smallest absolute Gasteiger partial charge is 0.238 e. The first-order valence-corrected chi connectivity index (χ1v) is 9.31. The molecule has 2 aromatic rings. The molecule has 27 heavy (non-hydrogen) atoms. The van der Waals surface area contributed by atoms with E-state index in [-0.39, 0.29) is 17.6 Å². The lowest BCUT2D eigenvalue weighted by Crippen LogP contribution is -2.28. The summed E-state index contributed by atoms with van der Waals surface area (Å²) in [5.41, 5.74) is 0.887. The molecule has 0 aliphatic heterocycles. The largest absolute Gasteiger partial charge is 0.493 e. The number of hydrogen-bond acceptors (Lipinski definition) is 7. The maximum absolute atomic E-state index is 12.1. The van der Waals surface area contributed by atoms with Crippen molar-refractivity contribution in [1.29, 1.82) is 0 Å². The SMILES string of the molecule is COc1ccc(CNC(=O)CS[C@@H](C)C(=O)Nc2cc(C)on2)cc1OC. The summed E-state index contributed by atoms with van der Waals surface area (Å²) in [6, 6.07) is 7.07. The Hall–Kier alpha value is -2.68. The molecule has 0 fully saturated rings. The minimum atomic E-state index is -0.408. The first-order valence-electron chi connectivity index (χ1n) is 8.26. The van der Waals surface area contributed by atoms with Gasteiger partial charge in [-0.15, -0.1) is 11.8 Å². The van der Waals surface area contributed by atoms with Gasteiger partial charge in [0.05, 0.1) is 25.2 Å². The van der Waals surface area contributed by atoms with Crippen molar-refractivity contribution in [3.05, 3.63) is 35.6 Å². The average Bonchev–Trinajstić information content (AvgIpc) is 3.08. The number of carbonyl (C=O) groups is 2. The Kier molecular flexibility index (Phi) is 7.54. The van der Waals surface area contributed by atoms with Crippen molar-refractivity contribution in [1.82, 2.24) is 10.5 Å². The van der Waals surface area contributed by atoms with E-state index in [2.05, 4.69) is 15.8 Å². The van der Waals surface area contributed by atoms with E-state index in [0.717, 1.165) is 5.56 Å². The lowest BCUT2D eigenvalue weighted by molar-refractivity contribution is -0.118. The molecule has 0 saturated heterocycles. The fourth-order valence-electron chi connectivity index (χ4n) is 2.17. The number of methoxy groups -OCH3 is 2. The summed E-state index contributed by atoms with van der Waals surface area (Å²) >= 11 is 1.24. The maximum atomic E-state index is 12.1. The van der Waals surface area contributed by atoms with Crippen LogP contribution < -0.4 is 20.1 Å². The first kappa shape index (κ1) is 20.6. The van der Waals surface area contributed by atoms with Crippen LogP contribution in [0.1, 0.15) is 18.2 Å². The highest BCUT2D eigenvalue weighted by molar-refractivity contribution is 8.01. The summed E-state index contributed by atoms with van der Waals surface area (Å²) in [6.07, 6.45) is 0. The van der Waals surface area contributed by atoms with Gasteiger partial charge in [-0.2, -0.15) is 0 Å². The zero-order valence-electron chi connectivity index (χ0n) is 15.7. The Labute approximate surface area is 162 Å². The van der Waals surface area contributed by atoms with Gasteiger partial charge < -0.3 is 24.6 Å². The van der Waals surface area contributed by atoms with Gasteiger partial charge in [0.2, 0.25) is 11.8 Å². The summed E-state index contributed by atoms with van der Waals surface area (Å²) in [5.74, 6) is 1.98. The predicted octanol–water partition coefficient (Wildman–Crippen LogP) is 2.38. The standard InChI is InChI=1S/C18H23N3O5S/c1-11-7-16(21-26-11)20-18(23)12(2)27-10-17(22)19-9-13-5-6-14(24-3)15(8-13)25-4/h5-8,12H,9-10H2,1-4H3,(H,19,22)(H,20,21,23)/t12-/m0/s1. The van der Waals surface area contributed by atoms with Crippen LogP contribution in [0.3, 0.4) is 0 Å². The Morgan fingerprint density at radius 2 is 1.96 bits per heavy atom. The van der Waals surface area contributed by atoms with Gasteiger partial charge in [0, 0.05) is 12.6 Å². The Bertz CT molecular complexity index is 793. The average molecular weight is 393 g/mol. The Morgan fingerprint density at radius 1 is 1.22 bits per heavy atom. The molecule has 0 aliphatic rings. The van der Waals surface area contributed by atoms with Crippen LogP contribution in [0.15, 0.2) is 28.8 Å². The molecule has 2 rings (SSSR count). The van der Waals surface area contributed by atoms with Crippen molar-refractivity contribution in [3.63, 3.8) is 0 Å². The zero-order chi connectivity index (χ0) is 19.8. The van der Waals surface area contributed by atoms with Crippen molar-refractivity contribution < 1.29 is 23.6 Å². The number of rotatable bonds is 9. The number of ether oxygens (including phenoxy) is 2. The second-order valence-electron chi connectivity index (χ2n) is 5.73. The molecule has 0 saturated carbocycles. The minimum Gasteiger partial charge on any atom is -0.493 e. The van der Waals surface area contributed by atoms with E-state index < -0.39 is 5.25 Å².